The highest BCUT2D eigenvalue weighted by Crippen LogP contribution is 2.22. The molecule has 2 fully saturated rings. The zero-order valence-electron chi connectivity index (χ0n) is 17.3. The van der Waals surface area contributed by atoms with Crippen LogP contribution in [-0.4, -0.2) is 84.7 Å². The first-order valence-corrected chi connectivity index (χ1v) is 10.6. The summed E-state index contributed by atoms with van der Waals surface area (Å²) in [6.45, 7) is 3.81. The highest BCUT2D eigenvalue weighted by atomic mass is 16.5. The number of rotatable bonds is 8. The smallest absolute Gasteiger partial charge is 0.236 e. The van der Waals surface area contributed by atoms with Gasteiger partial charge in [0.05, 0.1) is 6.54 Å². The molecule has 1 amide bonds. The maximum absolute atomic E-state index is 11.9. The third-order valence-electron chi connectivity index (χ3n) is 5.98. The Morgan fingerprint density at radius 3 is 2.79 bits per heavy atom. The third kappa shape index (κ3) is 6.19. The number of hydrogen-bond donors (Lipinski definition) is 1. The molecule has 2 aliphatic rings. The summed E-state index contributed by atoms with van der Waals surface area (Å²) in [7, 11) is 3.96. The van der Waals surface area contributed by atoms with Crippen molar-refractivity contribution in [3.05, 3.63) is 29.8 Å². The van der Waals surface area contributed by atoms with E-state index in [-0.39, 0.29) is 5.91 Å². The van der Waals surface area contributed by atoms with Gasteiger partial charge in [-0.15, -0.1) is 0 Å². The van der Waals surface area contributed by atoms with Gasteiger partial charge in [-0.25, -0.2) is 0 Å². The van der Waals surface area contributed by atoms with Crippen molar-refractivity contribution in [2.24, 2.45) is 0 Å². The quantitative estimate of drug-likeness (QED) is 0.737. The molecule has 6 heteroatoms. The second kappa shape index (κ2) is 10.2. The summed E-state index contributed by atoms with van der Waals surface area (Å²) in [6, 6.07) is 8.57. The molecule has 156 valence electrons. The lowest BCUT2D eigenvalue weighted by atomic mass is 9.94. The predicted molar refractivity (Wildman–Crippen MR) is 110 cm³/mol. The molecule has 1 atom stereocenters. The molecule has 1 aliphatic heterocycles. The Morgan fingerprint density at radius 1 is 1.25 bits per heavy atom. The van der Waals surface area contributed by atoms with E-state index in [4.69, 9.17) is 4.74 Å². The van der Waals surface area contributed by atoms with E-state index in [1.165, 1.54) is 32.1 Å². The molecule has 0 bridgehead atoms. The summed E-state index contributed by atoms with van der Waals surface area (Å²) < 4.78 is 5.85. The van der Waals surface area contributed by atoms with Crippen LogP contribution in [0.15, 0.2) is 24.3 Å². The van der Waals surface area contributed by atoms with Crippen LogP contribution in [0, 0.1) is 0 Å². The molecule has 6 nitrogen and oxygen atoms in total. The van der Waals surface area contributed by atoms with E-state index >= 15 is 0 Å². The molecule has 0 radical (unpaired) electrons. The number of benzene rings is 1. The van der Waals surface area contributed by atoms with E-state index in [1.54, 1.807) is 4.90 Å². The van der Waals surface area contributed by atoms with Crippen molar-refractivity contribution in [1.82, 2.24) is 14.7 Å². The maximum Gasteiger partial charge on any atom is 0.236 e. The van der Waals surface area contributed by atoms with Crippen LogP contribution in [0.1, 0.15) is 37.7 Å². The molecule has 1 saturated heterocycles. The molecule has 0 spiro atoms. The third-order valence-corrected chi connectivity index (χ3v) is 5.98. The van der Waals surface area contributed by atoms with Crippen molar-refractivity contribution in [3.8, 4) is 5.75 Å². The van der Waals surface area contributed by atoms with E-state index in [9.17, 15) is 9.90 Å². The van der Waals surface area contributed by atoms with E-state index in [0.29, 0.717) is 25.7 Å². The van der Waals surface area contributed by atoms with E-state index in [1.807, 2.05) is 25.2 Å². The van der Waals surface area contributed by atoms with E-state index in [2.05, 4.69) is 22.9 Å². The molecule has 0 unspecified atom stereocenters. The predicted octanol–water partition coefficient (Wildman–Crippen LogP) is 1.96. The van der Waals surface area contributed by atoms with E-state index < -0.39 is 6.10 Å². The molecule has 1 heterocycles. The molecule has 1 aromatic rings. The van der Waals surface area contributed by atoms with E-state index in [0.717, 1.165) is 30.9 Å². The average Bonchev–Trinajstić information content (AvgIpc) is 2.70. The summed E-state index contributed by atoms with van der Waals surface area (Å²) >= 11 is 0. The minimum atomic E-state index is -0.495. The van der Waals surface area contributed by atoms with Crippen molar-refractivity contribution in [2.45, 2.75) is 50.8 Å². The van der Waals surface area contributed by atoms with Gasteiger partial charge in [0.15, 0.2) is 0 Å². The van der Waals surface area contributed by atoms with Crippen LogP contribution >= 0.6 is 0 Å². The number of carbonyl (C=O) groups is 1. The normalized spacial score (nSPS) is 20.6. The van der Waals surface area contributed by atoms with Gasteiger partial charge in [0, 0.05) is 39.3 Å². The fraction of sp³-hybridized carbons (Fsp3) is 0.682. The molecule has 28 heavy (non-hydrogen) atoms. The van der Waals surface area contributed by atoms with Crippen LogP contribution < -0.4 is 4.74 Å². The molecule has 0 aromatic heterocycles. The number of aliphatic hydroxyl groups excluding tert-OH is 1. The Morgan fingerprint density at radius 2 is 2.04 bits per heavy atom. The molecule has 1 aliphatic carbocycles. The number of likely N-dealkylation sites (N-methyl/N-ethyl adjacent to an activating group) is 2. The van der Waals surface area contributed by atoms with Crippen LogP contribution in [0.3, 0.4) is 0 Å². The second-order valence-electron chi connectivity index (χ2n) is 8.37. The summed E-state index contributed by atoms with van der Waals surface area (Å²) in [5, 5.41) is 10.4. The summed E-state index contributed by atoms with van der Waals surface area (Å²) in [6.07, 6.45) is 5.92. The van der Waals surface area contributed by atoms with Gasteiger partial charge in [-0.3, -0.25) is 9.69 Å². The van der Waals surface area contributed by atoms with Gasteiger partial charge in [0.2, 0.25) is 5.91 Å². The number of hydrogen-bond acceptors (Lipinski definition) is 5. The second-order valence-corrected chi connectivity index (χ2v) is 8.37. The lowest BCUT2D eigenvalue weighted by Gasteiger charge is -2.32. The van der Waals surface area contributed by atoms with Gasteiger partial charge in [-0.1, -0.05) is 31.4 Å². The van der Waals surface area contributed by atoms with Gasteiger partial charge in [-0.05, 0) is 37.6 Å². The molecule has 1 saturated carbocycles. The number of ether oxygens (including phenoxy) is 1. The van der Waals surface area contributed by atoms with Crippen LogP contribution in [-0.2, 0) is 11.3 Å². The lowest BCUT2D eigenvalue weighted by Crippen LogP contribution is -2.47. The highest BCUT2D eigenvalue weighted by molar-refractivity contribution is 5.78. The summed E-state index contributed by atoms with van der Waals surface area (Å²) in [5.74, 6) is 0.946. The number of carbonyl (C=O) groups excluding carboxylic acids is 1. The molecule has 1 aromatic carbocycles. The highest BCUT2D eigenvalue weighted by Gasteiger charge is 2.22. The summed E-state index contributed by atoms with van der Waals surface area (Å²) in [4.78, 5) is 18.1. The van der Waals surface area contributed by atoms with Crippen molar-refractivity contribution in [3.63, 3.8) is 0 Å². The largest absolute Gasteiger partial charge is 0.491 e. The SMILES string of the molecule is CN1CCN(Cc2cccc(OC[C@H](O)CN(C)C3CCCCC3)c2)CC1=O. The number of amides is 1. The number of nitrogens with zero attached hydrogens (tertiary/aromatic N) is 3. The molecular weight excluding hydrogens is 354 g/mol. The Balaban J connectivity index is 1.44. The van der Waals surface area contributed by atoms with Crippen LogP contribution in [0.25, 0.3) is 0 Å². The molecular formula is C22H35N3O3. The average molecular weight is 390 g/mol. The van der Waals surface area contributed by atoms with Gasteiger partial charge >= 0.3 is 0 Å². The maximum atomic E-state index is 11.9. The van der Waals surface area contributed by atoms with Gasteiger partial charge in [-0.2, -0.15) is 0 Å². The molecule has 1 N–H and O–H groups in total. The minimum Gasteiger partial charge on any atom is -0.491 e. The van der Waals surface area contributed by atoms with Crippen LogP contribution in [0.2, 0.25) is 0 Å². The van der Waals surface area contributed by atoms with Gasteiger partial charge in [0.1, 0.15) is 18.5 Å². The number of piperazine rings is 1. The first kappa shape index (κ1) is 21.1. The van der Waals surface area contributed by atoms with Crippen molar-refractivity contribution >= 4 is 5.91 Å². The monoisotopic (exact) mass is 389 g/mol. The number of aliphatic hydroxyl groups is 1. The lowest BCUT2D eigenvalue weighted by molar-refractivity contribution is -0.134. The standard InChI is InChI=1S/C22H35N3O3/c1-23-11-12-25(16-22(23)27)14-18-7-6-10-21(13-18)28-17-20(26)15-24(2)19-8-4-3-5-9-19/h6-7,10,13,19-20,26H,3-5,8-9,11-12,14-17H2,1-2H3/t20-/m1/s1. The zero-order chi connectivity index (χ0) is 19.9. The zero-order valence-corrected chi connectivity index (χ0v) is 17.3. The first-order chi connectivity index (χ1) is 13.5. The van der Waals surface area contributed by atoms with Crippen LogP contribution in [0.4, 0.5) is 0 Å². The Labute approximate surface area is 169 Å². The van der Waals surface area contributed by atoms with Gasteiger partial charge < -0.3 is 19.6 Å². The molecule has 3 rings (SSSR count). The Hall–Kier alpha value is -1.63. The van der Waals surface area contributed by atoms with Gasteiger partial charge in [0.25, 0.3) is 0 Å². The minimum absolute atomic E-state index is 0.170. The van der Waals surface area contributed by atoms with Crippen molar-refractivity contribution in [1.29, 1.82) is 0 Å². The topological polar surface area (TPSA) is 56.2 Å². The Kier molecular flexibility index (Phi) is 7.71. The summed E-state index contributed by atoms with van der Waals surface area (Å²) in [5.41, 5.74) is 1.13. The Bertz CT molecular complexity index is 633. The fourth-order valence-electron chi connectivity index (χ4n) is 4.18. The van der Waals surface area contributed by atoms with Crippen molar-refractivity contribution in [2.75, 3.05) is 46.9 Å². The van der Waals surface area contributed by atoms with Crippen LogP contribution in [0.5, 0.6) is 5.75 Å². The first-order valence-electron chi connectivity index (χ1n) is 10.6. The fourth-order valence-corrected chi connectivity index (χ4v) is 4.18. The van der Waals surface area contributed by atoms with Crippen molar-refractivity contribution < 1.29 is 14.6 Å².